The van der Waals surface area contributed by atoms with Crippen LogP contribution in [0.5, 0.6) is 0 Å². The molecule has 1 saturated carbocycles. The highest BCUT2D eigenvalue weighted by molar-refractivity contribution is 5.14. The van der Waals surface area contributed by atoms with Gasteiger partial charge in [-0.15, -0.1) is 13.0 Å². The van der Waals surface area contributed by atoms with E-state index >= 15 is 0 Å². The van der Waals surface area contributed by atoms with Crippen molar-refractivity contribution < 1.29 is 14.2 Å². The number of rotatable bonds is 7. The zero-order chi connectivity index (χ0) is 12.7. The molecule has 0 aromatic heterocycles. The molecular formula is C14H22O3. The van der Waals surface area contributed by atoms with E-state index in [1.165, 1.54) is 0 Å². The third-order valence-electron chi connectivity index (χ3n) is 3.44. The van der Waals surface area contributed by atoms with Crippen LogP contribution in [0, 0.1) is 17.8 Å². The predicted octanol–water partition coefficient (Wildman–Crippen LogP) is 2.37. The van der Waals surface area contributed by atoms with Crippen molar-refractivity contribution in [3.05, 3.63) is 12.7 Å². The van der Waals surface area contributed by atoms with Gasteiger partial charge in [0.05, 0.1) is 24.2 Å². The van der Waals surface area contributed by atoms with Crippen LogP contribution in [0.4, 0.5) is 0 Å². The third-order valence-corrected chi connectivity index (χ3v) is 3.44. The summed E-state index contributed by atoms with van der Waals surface area (Å²) < 4.78 is 16.3. The fourth-order valence-electron chi connectivity index (χ4n) is 2.42. The molecule has 1 fully saturated rings. The average molecular weight is 238 g/mol. The van der Waals surface area contributed by atoms with Crippen LogP contribution in [-0.2, 0) is 14.2 Å². The Kier molecular flexibility index (Phi) is 5.70. The molecule has 3 nitrogen and oxygen atoms in total. The Morgan fingerprint density at radius 1 is 1.53 bits per heavy atom. The Morgan fingerprint density at radius 3 is 2.82 bits per heavy atom. The van der Waals surface area contributed by atoms with Gasteiger partial charge < -0.3 is 14.2 Å². The highest BCUT2D eigenvalue weighted by atomic mass is 16.7. The van der Waals surface area contributed by atoms with Crippen molar-refractivity contribution >= 4 is 0 Å². The minimum absolute atomic E-state index is 0.0206. The summed E-state index contributed by atoms with van der Waals surface area (Å²) in [7, 11) is 1.62. The second kappa shape index (κ2) is 6.80. The van der Waals surface area contributed by atoms with Gasteiger partial charge in [0.2, 0.25) is 0 Å². The van der Waals surface area contributed by atoms with E-state index in [4.69, 9.17) is 20.6 Å². The highest BCUT2D eigenvalue weighted by Gasteiger charge is 2.46. The van der Waals surface area contributed by atoms with E-state index in [0.717, 1.165) is 19.3 Å². The second-order valence-electron chi connectivity index (χ2n) is 4.40. The molecule has 17 heavy (non-hydrogen) atoms. The summed E-state index contributed by atoms with van der Waals surface area (Å²) in [6.07, 6.45) is 10.2. The van der Waals surface area contributed by atoms with Gasteiger partial charge in [0.25, 0.3) is 0 Å². The van der Waals surface area contributed by atoms with Gasteiger partial charge >= 0.3 is 0 Å². The van der Waals surface area contributed by atoms with E-state index in [1.54, 1.807) is 13.2 Å². The number of hydrogen-bond donors (Lipinski definition) is 0. The number of ether oxygens (including phenoxy) is 3. The summed E-state index contributed by atoms with van der Waals surface area (Å²) in [5.41, 5.74) is -0.218. The zero-order valence-electron chi connectivity index (χ0n) is 10.8. The first-order valence-electron chi connectivity index (χ1n) is 6.03. The van der Waals surface area contributed by atoms with E-state index in [9.17, 15) is 0 Å². The molecule has 0 spiro atoms. The Balaban J connectivity index is 2.65. The molecule has 0 aliphatic heterocycles. The molecule has 3 heteroatoms. The number of hydrogen-bond acceptors (Lipinski definition) is 3. The molecule has 96 valence electrons. The summed E-state index contributed by atoms with van der Waals surface area (Å²) in [6.45, 7) is 6.59. The smallest absolute Gasteiger partial charge is 0.146 e. The van der Waals surface area contributed by atoms with Crippen molar-refractivity contribution in [2.75, 3.05) is 20.5 Å². The summed E-state index contributed by atoms with van der Waals surface area (Å²) in [6, 6.07) is 0. The van der Waals surface area contributed by atoms with Crippen molar-refractivity contribution in [2.24, 2.45) is 5.41 Å². The van der Waals surface area contributed by atoms with Crippen molar-refractivity contribution in [2.45, 2.75) is 38.4 Å². The normalized spacial score (nSPS) is 32.3. The van der Waals surface area contributed by atoms with E-state index in [2.05, 4.69) is 19.4 Å². The molecule has 0 aromatic carbocycles. The molecular weight excluding hydrogens is 216 g/mol. The Hall–Kier alpha value is -0.820. The summed E-state index contributed by atoms with van der Waals surface area (Å²) in [5, 5.41) is 0. The Bertz CT molecular complexity index is 282. The van der Waals surface area contributed by atoms with Crippen LogP contribution in [-0.4, -0.2) is 32.7 Å². The molecule has 0 radical (unpaired) electrons. The van der Waals surface area contributed by atoms with Crippen molar-refractivity contribution in [1.82, 2.24) is 0 Å². The van der Waals surface area contributed by atoms with E-state index in [1.807, 2.05) is 0 Å². The van der Waals surface area contributed by atoms with Crippen LogP contribution in [0.15, 0.2) is 12.7 Å². The average Bonchev–Trinajstić information content (AvgIpc) is 2.72. The van der Waals surface area contributed by atoms with E-state index < -0.39 is 0 Å². The fraction of sp³-hybridized carbons (Fsp3) is 0.714. The van der Waals surface area contributed by atoms with Crippen LogP contribution in [0.2, 0.25) is 0 Å². The summed E-state index contributed by atoms with van der Waals surface area (Å²) >= 11 is 0. The van der Waals surface area contributed by atoms with Crippen molar-refractivity contribution in [3.63, 3.8) is 0 Å². The Morgan fingerprint density at radius 2 is 2.29 bits per heavy atom. The molecule has 0 saturated heterocycles. The molecule has 3 atom stereocenters. The lowest BCUT2D eigenvalue weighted by Crippen LogP contribution is -2.30. The van der Waals surface area contributed by atoms with Crippen LogP contribution in [0.3, 0.4) is 0 Å². The van der Waals surface area contributed by atoms with Crippen LogP contribution >= 0.6 is 0 Å². The van der Waals surface area contributed by atoms with Crippen LogP contribution in [0.25, 0.3) is 0 Å². The third kappa shape index (κ3) is 3.32. The minimum atomic E-state index is -0.218. The maximum atomic E-state index is 5.69. The lowest BCUT2D eigenvalue weighted by atomic mass is 9.82. The summed E-state index contributed by atoms with van der Waals surface area (Å²) in [4.78, 5) is 0. The van der Waals surface area contributed by atoms with Gasteiger partial charge in [-0.2, -0.15) is 0 Å². The van der Waals surface area contributed by atoms with E-state index in [-0.39, 0.29) is 24.4 Å². The fourth-order valence-corrected chi connectivity index (χ4v) is 2.42. The first kappa shape index (κ1) is 14.2. The molecule has 0 amide bonds. The van der Waals surface area contributed by atoms with Gasteiger partial charge in [-0.05, 0) is 12.8 Å². The predicted molar refractivity (Wildman–Crippen MR) is 67.5 cm³/mol. The maximum Gasteiger partial charge on any atom is 0.146 e. The SMILES string of the molecule is C#C[C@@]1(CC)C[C@@H](OCC=C)C[C@H]1OCOC. The molecule has 0 unspecified atom stereocenters. The quantitative estimate of drug-likeness (QED) is 0.387. The molecule has 1 aliphatic rings. The first-order valence-corrected chi connectivity index (χ1v) is 6.03. The minimum Gasteiger partial charge on any atom is -0.374 e. The zero-order valence-corrected chi connectivity index (χ0v) is 10.8. The summed E-state index contributed by atoms with van der Waals surface area (Å²) in [5.74, 6) is 2.91. The molecule has 1 aliphatic carbocycles. The molecule has 0 bridgehead atoms. The Labute approximate surface area is 104 Å². The van der Waals surface area contributed by atoms with Crippen molar-refractivity contribution in [3.8, 4) is 12.3 Å². The molecule has 0 N–H and O–H groups in total. The molecule has 0 aromatic rings. The van der Waals surface area contributed by atoms with E-state index in [0.29, 0.717) is 6.61 Å². The van der Waals surface area contributed by atoms with Gasteiger partial charge in [0.1, 0.15) is 6.79 Å². The first-order chi connectivity index (χ1) is 8.22. The standard InChI is InChI=1S/C14H22O3/c1-5-8-16-12-9-13(17-11-15-4)14(6-2,7-3)10-12/h2,5,12-13H,1,7-11H2,3-4H3/t12-,13+,14+/m0/s1. The lowest BCUT2D eigenvalue weighted by Gasteiger charge is -2.28. The molecule has 0 heterocycles. The largest absolute Gasteiger partial charge is 0.374 e. The van der Waals surface area contributed by atoms with Gasteiger partial charge in [0, 0.05) is 13.5 Å². The van der Waals surface area contributed by atoms with Gasteiger partial charge in [-0.25, -0.2) is 0 Å². The van der Waals surface area contributed by atoms with Crippen molar-refractivity contribution in [1.29, 1.82) is 0 Å². The highest BCUT2D eigenvalue weighted by Crippen LogP contribution is 2.43. The second-order valence-corrected chi connectivity index (χ2v) is 4.40. The topological polar surface area (TPSA) is 27.7 Å². The van der Waals surface area contributed by atoms with Gasteiger partial charge in [0.15, 0.2) is 0 Å². The van der Waals surface area contributed by atoms with Crippen LogP contribution in [0.1, 0.15) is 26.2 Å². The van der Waals surface area contributed by atoms with Gasteiger partial charge in [-0.3, -0.25) is 0 Å². The maximum absolute atomic E-state index is 5.69. The molecule has 1 rings (SSSR count). The lowest BCUT2D eigenvalue weighted by molar-refractivity contribution is -0.0975. The monoisotopic (exact) mass is 238 g/mol. The number of terminal acetylenes is 1. The number of methoxy groups -OCH3 is 1. The van der Waals surface area contributed by atoms with Crippen LogP contribution < -0.4 is 0 Å². The van der Waals surface area contributed by atoms with Gasteiger partial charge in [-0.1, -0.05) is 18.9 Å².